The number of nitrogens with one attached hydrogen (secondary N) is 1. The molecule has 0 aliphatic carbocycles. The smallest absolute Gasteiger partial charge is 0.318 e. The lowest BCUT2D eigenvalue weighted by atomic mass is 9.96. The molecule has 0 spiro atoms. The number of esters is 2. The Morgan fingerprint density at radius 1 is 1.67 bits per heavy atom. The standard InChI is InChI=1S/C8H13NO3/c1-3-6(9-2)5-4-7(10)12-8(5)11/h5-6,9H,3-4H2,1-2H3. The molecule has 2 atom stereocenters. The lowest BCUT2D eigenvalue weighted by molar-refractivity contribution is -0.153. The minimum Gasteiger partial charge on any atom is -0.393 e. The van der Waals surface area contributed by atoms with Gasteiger partial charge in [-0.2, -0.15) is 0 Å². The third kappa shape index (κ3) is 1.64. The van der Waals surface area contributed by atoms with Gasteiger partial charge in [-0.05, 0) is 13.5 Å². The van der Waals surface area contributed by atoms with Gasteiger partial charge in [-0.25, -0.2) is 0 Å². The number of carbonyl (C=O) groups excluding carboxylic acids is 2. The second-order valence-electron chi connectivity index (χ2n) is 2.91. The first-order chi connectivity index (χ1) is 5.69. The molecule has 0 aromatic carbocycles. The number of hydrogen-bond donors (Lipinski definition) is 1. The first-order valence-electron chi connectivity index (χ1n) is 4.10. The molecule has 4 nitrogen and oxygen atoms in total. The fraction of sp³-hybridized carbons (Fsp3) is 0.750. The summed E-state index contributed by atoms with van der Waals surface area (Å²) in [7, 11) is 1.78. The van der Waals surface area contributed by atoms with Crippen LogP contribution in [0.2, 0.25) is 0 Å². The Hall–Kier alpha value is -0.900. The predicted molar refractivity (Wildman–Crippen MR) is 42.3 cm³/mol. The molecule has 0 bridgehead atoms. The molecule has 1 saturated heterocycles. The van der Waals surface area contributed by atoms with Gasteiger partial charge in [-0.1, -0.05) is 6.92 Å². The fourth-order valence-corrected chi connectivity index (χ4v) is 1.49. The van der Waals surface area contributed by atoms with Crippen LogP contribution in [-0.2, 0) is 14.3 Å². The molecule has 1 aliphatic rings. The van der Waals surface area contributed by atoms with Crippen LogP contribution in [0, 0.1) is 5.92 Å². The van der Waals surface area contributed by atoms with Crippen molar-refractivity contribution in [2.45, 2.75) is 25.8 Å². The highest BCUT2D eigenvalue weighted by molar-refractivity contribution is 5.95. The van der Waals surface area contributed by atoms with Gasteiger partial charge in [-0.3, -0.25) is 9.59 Å². The van der Waals surface area contributed by atoms with Crippen LogP contribution < -0.4 is 5.32 Å². The summed E-state index contributed by atoms with van der Waals surface area (Å²) in [6.07, 6.45) is 1.04. The fourth-order valence-electron chi connectivity index (χ4n) is 1.49. The summed E-state index contributed by atoms with van der Waals surface area (Å²) in [5.41, 5.74) is 0. The van der Waals surface area contributed by atoms with Crippen molar-refractivity contribution in [1.82, 2.24) is 5.32 Å². The summed E-state index contributed by atoms with van der Waals surface area (Å²) in [4.78, 5) is 21.8. The van der Waals surface area contributed by atoms with Crippen LogP contribution in [0.5, 0.6) is 0 Å². The number of rotatable bonds is 3. The van der Waals surface area contributed by atoms with Gasteiger partial charge in [-0.15, -0.1) is 0 Å². The van der Waals surface area contributed by atoms with E-state index in [2.05, 4.69) is 10.1 Å². The van der Waals surface area contributed by atoms with Gasteiger partial charge in [0, 0.05) is 6.04 Å². The topological polar surface area (TPSA) is 55.4 Å². The van der Waals surface area contributed by atoms with Crippen LogP contribution in [0.25, 0.3) is 0 Å². The van der Waals surface area contributed by atoms with Crippen molar-refractivity contribution >= 4 is 11.9 Å². The Kier molecular flexibility index (Phi) is 2.81. The van der Waals surface area contributed by atoms with Gasteiger partial charge in [0.1, 0.15) is 0 Å². The van der Waals surface area contributed by atoms with Crippen molar-refractivity contribution in [2.24, 2.45) is 5.92 Å². The maximum absolute atomic E-state index is 11.1. The van der Waals surface area contributed by atoms with Crippen LogP contribution in [0.3, 0.4) is 0 Å². The number of hydrogen-bond acceptors (Lipinski definition) is 4. The van der Waals surface area contributed by atoms with Crippen LogP contribution in [0.15, 0.2) is 0 Å². The zero-order valence-electron chi connectivity index (χ0n) is 7.29. The molecule has 1 N–H and O–H groups in total. The maximum Gasteiger partial charge on any atom is 0.318 e. The summed E-state index contributed by atoms with van der Waals surface area (Å²) in [5.74, 6) is -1.08. The van der Waals surface area contributed by atoms with E-state index in [-0.39, 0.29) is 24.3 Å². The molecule has 0 aromatic heterocycles. The average molecular weight is 171 g/mol. The third-order valence-corrected chi connectivity index (χ3v) is 2.20. The van der Waals surface area contributed by atoms with Crippen molar-refractivity contribution in [3.63, 3.8) is 0 Å². The zero-order valence-corrected chi connectivity index (χ0v) is 7.29. The van der Waals surface area contributed by atoms with Crippen LogP contribution in [-0.4, -0.2) is 25.0 Å². The molecular formula is C8H13NO3. The maximum atomic E-state index is 11.1. The Labute approximate surface area is 71.3 Å². The molecule has 1 heterocycles. The molecule has 1 aliphatic heterocycles. The molecule has 2 unspecified atom stereocenters. The Morgan fingerprint density at radius 2 is 2.33 bits per heavy atom. The van der Waals surface area contributed by atoms with Gasteiger partial charge in [0.15, 0.2) is 0 Å². The quantitative estimate of drug-likeness (QED) is 0.482. The normalized spacial score (nSPS) is 25.7. The van der Waals surface area contributed by atoms with E-state index < -0.39 is 5.97 Å². The van der Waals surface area contributed by atoms with Crippen molar-refractivity contribution in [3.8, 4) is 0 Å². The Balaban J connectivity index is 2.62. The largest absolute Gasteiger partial charge is 0.393 e. The van der Waals surface area contributed by atoms with Gasteiger partial charge < -0.3 is 10.1 Å². The van der Waals surface area contributed by atoms with E-state index in [4.69, 9.17) is 0 Å². The summed E-state index contributed by atoms with van der Waals surface area (Å²) in [6, 6.07) is 0.0592. The molecule has 0 amide bonds. The van der Waals surface area contributed by atoms with Crippen molar-refractivity contribution < 1.29 is 14.3 Å². The van der Waals surface area contributed by atoms with Gasteiger partial charge in [0.25, 0.3) is 0 Å². The summed E-state index contributed by atoms with van der Waals surface area (Å²) < 4.78 is 4.44. The molecule has 0 saturated carbocycles. The van der Waals surface area contributed by atoms with Gasteiger partial charge in [0.2, 0.25) is 0 Å². The first-order valence-corrected chi connectivity index (χ1v) is 4.10. The number of cyclic esters (lactones) is 2. The zero-order chi connectivity index (χ0) is 9.14. The van der Waals surface area contributed by atoms with E-state index in [9.17, 15) is 9.59 Å². The van der Waals surface area contributed by atoms with Crippen molar-refractivity contribution in [2.75, 3.05) is 7.05 Å². The Morgan fingerprint density at radius 3 is 2.67 bits per heavy atom. The van der Waals surface area contributed by atoms with E-state index in [1.807, 2.05) is 6.92 Å². The van der Waals surface area contributed by atoms with E-state index >= 15 is 0 Å². The number of ether oxygens (including phenoxy) is 1. The predicted octanol–water partition coefficient (Wildman–Crippen LogP) is 0.0741. The summed E-state index contributed by atoms with van der Waals surface area (Å²) in [6.45, 7) is 1.97. The molecule has 0 aromatic rings. The minimum absolute atomic E-state index is 0.0592. The molecule has 68 valence electrons. The highest BCUT2D eigenvalue weighted by Gasteiger charge is 2.37. The second kappa shape index (κ2) is 3.67. The highest BCUT2D eigenvalue weighted by Crippen LogP contribution is 2.20. The average Bonchev–Trinajstić information content (AvgIpc) is 2.34. The second-order valence-corrected chi connectivity index (χ2v) is 2.91. The van der Waals surface area contributed by atoms with Crippen LogP contribution in [0.1, 0.15) is 19.8 Å². The van der Waals surface area contributed by atoms with Crippen molar-refractivity contribution in [3.05, 3.63) is 0 Å². The van der Waals surface area contributed by atoms with E-state index in [0.29, 0.717) is 0 Å². The SMILES string of the molecule is CCC(NC)C1CC(=O)OC1=O. The number of carbonyl (C=O) groups is 2. The van der Waals surface area contributed by atoms with E-state index in [1.54, 1.807) is 7.05 Å². The van der Waals surface area contributed by atoms with Crippen LogP contribution >= 0.6 is 0 Å². The first kappa shape index (κ1) is 9.19. The van der Waals surface area contributed by atoms with E-state index in [0.717, 1.165) is 6.42 Å². The minimum atomic E-state index is -0.404. The van der Waals surface area contributed by atoms with E-state index in [1.165, 1.54) is 0 Å². The lowest BCUT2D eigenvalue weighted by Crippen LogP contribution is -2.35. The molecule has 4 heteroatoms. The molecule has 12 heavy (non-hydrogen) atoms. The van der Waals surface area contributed by atoms with Crippen molar-refractivity contribution in [1.29, 1.82) is 0 Å². The molecule has 1 fully saturated rings. The van der Waals surface area contributed by atoms with Gasteiger partial charge in [0.05, 0.1) is 12.3 Å². The Bertz CT molecular complexity index is 198. The van der Waals surface area contributed by atoms with Gasteiger partial charge >= 0.3 is 11.9 Å². The highest BCUT2D eigenvalue weighted by atomic mass is 16.6. The lowest BCUT2D eigenvalue weighted by Gasteiger charge is -2.16. The third-order valence-electron chi connectivity index (χ3n) is 2.20. The summed E-state index contributed by atoms with van der Waals surface area (Å²) in [5, 5.41) is 2.99. The molecule has 1 rings (SSSR count). The summed E-state index contributed by atoms with van der Waals surface area (Å²) >= 11 is 0. The monoisotopic (exact) mass is 171 g/mol. The molecule has 0 radical (unpaired) electrons. The van der Waals surface area contributed by atoms with Crippen LogP contribution in [0.4, 0.5) is 0 Å². The molecular weight excluding hydrogens is 158 g/mol.